The number of anilines is 1. The Kier molecular flexibility index (Phi) is 4.48. The van der Waals surface area contributed by atoms with Crippen LogP contribution in [0.15, 0.2) is 18.2 Å². The first kappa shape index (κ1) is 14.8. The molecule has 0 aromatic carbocycles. The molecule has 0 fully saturated rings. The SMILES string of the molecule is CN(Cc1ccc(Cl)s1)c1nc2c(cc1CN)CCCC2. The van der Waals surface area contributed by atoms with Crippen LogP contribution in [0.5, 0.6) is 0 Å². The van der Waals surface area contributed by atoms with Gasteiger partial charge in [0.15, 0.2) is 0 Å². The maximum absolute atomic E-state index is 6.01. The van der Waals surface area contributed by atoms with E-state index in [9.17, 15) is 0 Å². The van der Waals surface area contributed by atoms with Crippen molar-refractivity contribution in [1.29, 1.82) is 0 Å². The minimum atomic E-state index is 0.533. The molecule has 3 rings (SSSR count). The van der Waals surface area contributed by atoms with Crippen molar-refractivity contribution in [3.05, 3.63) is 44.2 Å². The summed E-state index contributed by atoms with van der Waals surface area (Å²) in [5.41, 5.74) is 9.71. The second-order valence-electron chi connectivity index (χ2n) is 5.55. The molecule has 0 aliphatic heterocycles. The first-order valence-corrected chi connectivity index (χ1v) is 8.54. The Morgan fingerprint density at radius 1 is 1.33 bits per heavy atom. The first-order valence-electron chi connectivity index (χ1n) is 7.34. The topological polar surface area (TPSA) is 42.2 Å². The zero-order valence-corrected chi connectivity index (χ0v) is 13.8. The number of rotatable bonds is 4. The highest BCUT2D eigenvalue weighted by Gasteiger charge is 2.17. The molecule has 0 saturated carbocycles. The van der Waals surface area contributed by atoms with Gasteiger partial charge in [0.05, 0.1) is 10.9 Å². The van der Waals surface area contributed by atoms with Gasteiger partial charge < -0.3 is 10.6 Å². The smallest absolute Gasteiger partial charge is 0.133 e. The number of nitrogens with two attached hydrogens (primary N) is 1. The van der Waals surface area contributed by atoms with Gasteiger partial charge in [-0.2, -0.15) is 0 Å². The number of pyridine rings is 1. The van der Waals surface area contributed by atoms with Gasteiger partial charge >= 0.3 is 0 Å². The zero-order chi connectivity index (χ0) is 14.8. The molecule has 1 aliphatic rings. The summed E-state index contributed by atoms with van der Waals surface area (Å²) in [7, 11) is 2.07. The van der Waals surface area contributed by atoms with Gasteiger partial charge in [-0.05, 0) is 49.4 Å². The quantitative estimate of drug-likeness (QED) is 0.932. The Morgan fingerprint density at radius 2 is 2.14 bits per heavy atom. The molecule has 1 aliphatic carbocycles. The summed E-state index contributed by atoms with van der Waals surface area (Å²) in [6, 6.07) is 6.28. The van der Waals surface area contributed by atoms with Crippen molar-refractivity contribution in [2.24, 2.45) is 5.73 Å². The molecule has 0 unspecified atom stereocenters. The first-order chi connectivity index (χ1) is 10.2. The molecule has 0 atom stereocenters. The van der Waals surface area contributed by atoms with Crippen LogP contribution in [0.4, 0.5) is 5.82 Å². The summed E-state index contributed by atoms with van der Waals surface area (Å²) < 4.78 is 0.829. The van der Waals surface area contributed by atoms with Crippen molar-refractivity contribution in [1.82, 2.24) is 4.98 Å². The number of thiophene rings is 1. The Morgan fingerprint density at radius 3 is 2.86 bits per heavy atom. The second-order valence-corrected chi connectivity index (χ2v) is 7.35. The fourth-order valence-corrected chi connectivity index (χ4v) is 4.04. The molecule has 2 heterocycles. The van der Waals surface area contributed by atoms with Gasteiger partial charge in [0.25, 0.3) is 0 Å². The van der Waals surface area contributed by atoms with Crippen molar-refractivity contribution in [2.45, 2.75) is 38.8 Å². The maximum atomic E-state index is 6.01. The predicted octanol–water partition coefficient (Wildman–Crippen LogP) is 3.77. The number of aryl methyl sites for hydroxylation is 2. The number of fused-ring (bicyclic) bond motifs is 1. The van der Waals surface area contributed by atoms with Crippen LogP contribution >= 0.6 is 22.9 Å². The molecule has 2 aromatic rings. The lowest BCUT2D eigenvalue weighted by Gasteiger charge is -2.24. The van der Waals surface area contributed by atoms with Crippen molar-refractivity contribution >= 4 is 28.8 Å². The van der Waals surface area contributed by atoms with Crippen LogP contribution in [-0.2, 0) is 25.9 Å². The van der Waals surface area contributed by atoms with Crippen LogP contribution in [0.3, 0.4) is 0 Å². The standard InChI is InChI=1S/C16H20ClN3S/c1-20(10-13-6-7-15(17)21-13)16-12(9-18)8-11-4-2-3-5-14(11)19-16/h6-8H,2-5,9-10,18H2,1H3. The Labute approximate surface area is 134 Å². The van der Waals surface area contributed by atoms with Gasteiger partial charge in [0.2, 0.25) is 0 Å². The molecule has 0 spiro atoms. The lowest BCUT2D eigenvalue weighted by molar-refractivity contribution is 0.663. The van der Waals surface area contributed by atoms with Gasteiger partial charge in [-0.25, -0.2) is 4.98 Å². The molecule has 0 saturated heterocycles. The largest absolute Gasteiger partial charge is 0.354 e. The van der Waals surface area contributed by atoms with Gasteiger partial charge in [-0.3, -0.25) is 0 Å². The molecular weight excluding hydrogens is 302 g/mol. The fraction of sp³-hybridized carbons (Fsp3) is 0.438. The highest BCUT2D eigenvalue weighted by Crippen LogP contribution is 2.28. The third-order valence-electron chi connectivity index (χ3n) is 3.96. The van der Waals surface area contributed by atoms with Gasteiger partial charge in [-0.1, -0.05) is 11.6 Å². The van der Waals surface area contributed by atoms with Crippen LogP contribution in [0.2, 0.25) is 4.34 Å². The molecular formula is C16H20ClN3S. The summed E-state index contributed by atoms with van der Waals surface area (Å²) >= 11 is 7.63. The number of nitrogens with zero attached hydrogens (tertiary/aromatic N) is 2. The molecule has 0 amide bonds. The van der Waals surface area contributed by atoms with E-state index in [2.05, 4.69) is 24.1 Å². The van der Waals surface area contributed by atoms with E-state index in [1.54, 1.807) is 11.3 Å². The summed E-state index contributed by atoms with van der Waals surface area (Å²) in [6.45, 7) is 1.35. The third-order valence-corrected chi connectivity index (χ3v) is 5.18. The minimum absolute atomic E-state index is 0.533. The molecule has 2 N–H and O–H groups in total. The van der Waals surface area contributed by atoms with E-state index < -0.39 is 0 Å². The van der Waals surface area contributed by atoms with Crippen LogP contribution in [0, 0.1) is 0 Å². The summed E-state index contributed by atoms with van der Waals surface area (Å²) in [5.74, 6) is 1.02. The molecule has 0 radical (unpaired) electrons. The minimum Gasteiger partial charge on any atom is -0.354 e. The maximum Gasteiger partial charge on any atom is 0.133 e. The lowest BCUT2D eigenvalue weighted by atomic mass is 9.94. The summed E-state index contributed by atoms with van der Waals surface area (Å²) in [5, 5.41) is 0. The lowest BCUT2D eigenvalue weighted by Crippen LogP contribution is -2.22. The monoisotopic (exact) mass is 321 g/mol. The molecule has 2 aromatic heterocycles. The van der Waals surface area contributed by atoms with Crippen molar-refractivity contribution in [3.8, 4) is 0 Å². The van der Waals surface area contributed by atoms with Gasteiger partial charge in [0, 0.05) is 29.7 Å². The third kappa shape index (κ3) is 3.23. The highest BCUT2D eigenvalue weighted by molar-refractivity contribution is 7.16. The van der Waals surface area contributed by atoms with E-state index in [1.165, 1.54) is 29.0 Å². The van der Waals surface area contributed by atoms with E-state index in [1.807, 2.05) is 6.07 Å². The van der Waals surface area contributed by atoms with Gasteiger partial charge in [-0.15, -0.1) is 11.3 Å². The van der Waals surface area contributed by atoms with Crippen molar-refractivity contribution in [2.75, 3.05) is 11.9 Å². The normalized spacial score (nSPS) is 14.0. The molecule has 21 heavy (non-hydrogen) atoms. The van der Waals surface area contributed by atoms with E-state index in [4.69, 9.17) is 22.3 Å². The highest BCUT2D eigenvalue weighted by atomic mass is 35.5. The molecule has 3 nitrogen and oxygen atoms in total. The zero-order valence-electron chi connectivity index (χ0n) is 12.2. The molecule has 112 valence electrons. The Balaban J connectivity index is 1.89. The number of aromatic nitrogens is 1. The van der Waals surface area contributed by atoms with Crippen molar-refractivity contribution < 1.29 is 0 Å². The van der Waals surface area contributed by atoms with Crippen molar-refractivity contribution in [3.63, 3.8) is 0 Å². The second kappa shape index (κ2) is 6.34. The van der Waals surface area contributed by atoms with E-state index in [-0.39, 0.29) is 0 Å². The van der Waals surface area contributed by atoms with Crippen LogP contribution in [-0.4, -0.2) is 12.0 Å². The average Bonchev–Trinajstić information content (AvgIpc) is 2.90. The predicted molar refractivity (Wildman–Crippen MR) is 90.2 cm³/mol. The Hall–Kier alpha value is -1.10. The molecule has 5 heteroatoms. The van der Waals surface area contributed by atoms with Crippen LogP contribution in [0.25, 0.3) is 0 Å². The summed E-state index contributed by atoms with van der Waals surface area (Å²) in [6.07, 6.45) is 4.74. The van der Waals surface area contributed by atoms with E-state index in [0.29, 0.717) is 6.54 Å². The Bertz CT molecular complexity index is 638. The summed E-state index contributed by atoms with van der Waals surface area (Å²) in [4.78, 5) is 8.33. The van der Waals surface area contributed by atoms with Crippen LogP contribution in [0.1, 0.15) is 34.5 Å². The number of hydrogen-bond acceptors (Lipinski definition) is 4. The average molecular weight is 322 g/mol. The van der Waals surface area contributed by atoms with Crippen LogP contribution < -0.4 is 10.6 Å². The molecule has 0 bridgehead atoms. The van der Waals surface area contributed by atoms with E-state index >= 15 is 0 Å². The fourth-order valence-electron chi connectivity index (χ4n) is 2.90. The number of hydrogen-bond donors (Lipinski definition) is 1. The van der Waals surface area contributed by atoms with Gasteiger partial charge in [0.1, 0.15) is 5.82 Å². The van der Waals surface area contributed by atoms with E-state index in [0.717, 1.165) is 35.1 Å². The number of halogens is 1.